The van der Waals surface area contributed by atoms with Crippen LogP contribution in [0, 0.1) is 17.8 Å². The number of Topliss-reactive ketones (excluding diaryl/α,β-unsaturated/α-hetero) is 1. The molecule has 2 aromatic rings. The molecule has 1 aliphatic heterocycles. The number of fused-ring (bicyclic) bond motifs is 3. The summed E-state index contributed by atoms with van der Waals surface area (Å²) in [6.45, 7) is 2.04. The van der Waals surface area contributed by atoms with Crippen molar-refractivity contribution in [3.8, 4) is 11.5 Å². The number of hydrogen-bond donors (Lipinski definition) is 1. The van der Waals surface area contributed by atoms with Gasteiger partial charge in [0.1, 0.15) is 0 Å². The normalized spacial score (nSPS) is 26.2. The van der Waals surface area contributed by atoms with Crippen LogP contribution in [-0.4, -0.2) is 35.6 Å². The lowest BCUT2D eigenvalue weighted by Crippen LogP contribution is -2.39. The largest absolute Gasteiger partial charge is 0.504 e. The van der Waals surface area contributed by atoms with Gasteiger partial charge in [0.05, 0.1) is 29.1 Å². The van der Waals surface area contributed by atoms with Gasteiger partial charge >= 0.3 is 0 Å². The highest BCUT2D eigenvalue weighted by atomic mass is 79.9. The summed E-state index contributed by atoms with van der Waals surface area (Å²) in [5, 5.41) is 10.6. The average Bonchev–Trinajstić information content (AvgIpc) is 3.20. The summed E-state index contributed by atoms with van der Waals surface area (Å²) in [5.74, 6) is -3.18. The van der Waals surface area contributed by atoms with E-state index < -0.39 is 23.7 Å². The van der Waals surface area contributed by atoms with Crippen molar-refractivity contribution in [1.29, 1.82) is 0 Å². The number of carbonyl (C=O) groups excluding carboxylic acids is 4. The summed E-state index contributed by atoms with van der Waals surface area (Å²) in [7, 11) is 1.45. The number of nitrogens with zero attached hydrogens (tertiary/aromatic N) is 1. The highest BCUT2D eigenvalue weighted by Crippen LogP contribution is 2.56. The van der Waals surface area contributed by atoms with Gasteiger partial charge in [0.2, 0.25) is 11.8 Å². The molecule has 0 saturated carbocycles. The standard InChI is InChI=1S/C31H26BrNO6/c1-3-15-4-7-17(8-5-15)33-30(37)19-10-9-18-20(27(19)31(33)38)13-21-28(24(35)14-22(32)29(21)36)26(18)16-6-11-25(39-2)23(34)12-16/h4-9,11-12,14,19-20,26-27,34H,3,10,13H2,1-2H3/t19-,20+,26-,27-/m0/s1. The van der Waals surface area contributed by atoms with Crippen LogP contribution in [-0.2, 0) is 25.6 Å². The second-order valence-corrected chi connectivity index (χ2v) is 11.2. The molecule has 1 fully saturated rings. The summed E-state index contributed by atoms with van der Waals surface area (Å²) in [4.78, 5) is 55.5. The number of ketones is 2. The first-order chi connectivity index (χ1) is 18.7. The van der Waals surface area contributed by atoms with E-state index in [1.165, 1.54) is 24.2 Å². The van der Waals surface area contributed by atoms with Crippen LogP contribution in [0.2, 0.25) is 0 Å². The number of carbonyl (C=O) groups is 4. The zero-order chi connectivity index (χ0) is 27.6. The molecular weight excluding hydrogens is 562 g/mol. The zero-order valence-corrected chi connectivity index (χ0v) is 23.0. The topological polar surface area (TPSA) is 101 Å². The molecule has 2 amide bonds. The van der Waals surface area contributed by atoms with Crippen molar-refractivity contribution < 1.29 is 29.0 Å². The van der Waals surface area contributed by atoms with Crippen molar-refractivity contribution in [3.63, 3.8) is 0 Å². The van der Waals surface area contributed by atoms with E-state index in [1.807, 2.05) is 25.1 Å². The third-order valence-corrected chi connectivity index (χ3v) is 9.06. The van der Waals surface area contributed by atoms with Crippen LogP contribution >= 0.6 is 15.9 Å². The first-order valence-electron chi connectivity index (χ1n) is 13.0. The Labute approximate surface area is 234 Å². The Balaban J connectivity index is 1.46. The molecule has 7 nitrogen and oxygen atoms in total. The molecule has 8 heteroatoms. The molecule has 0 unspecified atom stereocenters. The van der Waals surface area contributed by atoms with E-state index in [4.69, 9.17) is 4.74 Å². The molecule has 1 heterocycles. The summed E-state index contributed by atoms with van der Waals surface area (Å²) in [5.41, 5.74) is 3.81. The van der Waals surface area contributed by atoms with Gasteiger partial charge in [0, 0.05) is 23.1 Å². The number of phenolic OH excluding ortho intramolecular Hbond substituents is 1. The van der Waals surface area contributed by atoms with Crippen LogP contribution < -0.4 is 9.64 Å². The van der Waals surface area contributed by atoms with Crippen LogP contribution in [0.25, 0.3) is 0 Å². The number of allylic oxidation sites excluding steroid dienone is 6. The first-order valence-corrected chi connectivity index (χ1v) is 13.8. The number of aryl methyl sites for hydroxylation is 1. The number of anilines is 1. The maximum absolute atomic E-state index is 13.9. The monoisotopic (exact) mass is 587 g/mol. The summed E-state index contributed by atoms with van der Waals surface area (Å²) in [6, 6.07) is 12.4. The van der Waals surface area contributed by atoms with Gasteiger partial charge in [0.15, 0.2) is 23.1 Å². The Morgan fingerprint density at radius 1 is 1.03 bits per heavy atom. The molecule has 4 atom stereocenters. The molecule has 2 aromatic carbocycles. The van der Waals surface area contributed by atoms with Crippen molar-refractivity contribution in [3.05, 3.63) is 86.9 Å². The Morgan fingerprint density at radius 3 is 2.44 bits per heavy atom. The van der Waals surface area contributed by atoms with Crippen molar-refractivity contribution in [2.24, 2.45) is 17.8 Å². The molecule has 4 aliphatic rings. The zero-order valence-electron chi connectivity index (χ0n) is 21.4. The Kier molecular flexibility index (Phi) is 6.18. The minimum Gasteiger partial charge on any atom is -0.504 e. The lowest BCUT2D eigenvalue weighted by atomic mass is 9.59. The quantitative estimate of drug-likeness (QED) is 0.309. The van der Waals surface area contributed by atoms with Crippen LogP contribution in [0.3, 0.4) is 0 Å². The lowest BCUT2D eigenvalue weighted by Gasteiger charge is -2.42. The SMILES string of the molecule is CCc1ccc(N2C(=O)[C@H]3[C@H](CC=C4[C@H](c5ccc(OC)c(O)c5)C5=C(C[C@H]43)C(=O)C(Br)=CC5=O)C2=O)cc1. The smallest absolute Gasteiger partial charge is 0.238 e. The van der Waals surface area contributed by atoms with Gasteiger partial charge < -0.3 is 9.84 Å². The number of halogens is 1. The molecule has 6 rings (SSSR count). The fourth-order valence-electron chi connectivity index (χ4n) is 6.61. The van der Waals surface area contributed by atoms with E-state index in [9.17, 15) is 24.3 Å². The van der Waals surface area contributed by atoms with Gasteiger partial charge in [-0.25, -0.2) is 0 Å². The fourth-order valence-corrected chi connectivity index (χ4v) is 7.06. The second-order valence-electron chi connectivity index (χ2n) is 10.4. The molecule has 3 aliphatic carbocycles. The second kappa shape index (κ2) is 9.45. The van der Waals surface area contributed by atoms with Crippen molar-refractivity contribution in [2.75, 3.05) is 12.0 Å². The first kappa shape index (κ1) is 25.5. The number of rotatable bonds is 4. The maximum atomic E-state index is 13.9. The summed E-state index contributed by atoms with van der Waals surface area (Å²) < 4.78 is 5.38. The molecule has 0 spiro atoms. The van der Waals surface area contributed by atoms with Crippen LogP contribution in [0.15, 0.2) is 75.8 Å². The molecule has 0 bridgehead atoms. The third kappa shape index (κ3) is 3.84. The molecule has 0 radical (unpaired) electrons. The number of hydrogen-bond acceptors (Lipinski definition) is 6. The number of methoxy groups -OCH3 is 1. The van der Waals surface area contributed by atoms with Crippen molar-refractivity contribution >= 4 is 45.0 Å². The van der Waals surface area contributed by atoms with Crippen LogP contribution in [0.5, 0.6) is 11.5 Å². The van der Waals surface area contributed by atoms with E-state index in [0.29, 0.717) is 28.8 Å². The van der Waals surface area contributed by atoms with Gasteiger partial charge in [-0.2, -0.15) is 0 Å². The molecular formula is C31H26BrNO6. The minimum atomic E-state index is -0.653. The summed E-state index contributed by atoms with van der Waals surface area (Å²) >= 11 is 3.24. The highest BCUT2D eigenvalue weighted by molar-refractivity contribution is 9.12. The molecule has 0 aromatic heterocycles. The minimum absolute atomic E-state index is 0.0892. The fraction of sp³-hybridized carbons (Fsp3) is 0.290. The summed E-state index contributed by atoms with van der Waals surface area (Å²) in [6.07, 6.45) is 4.64. The van der Waals surface area contributed by atoms with Crippen molar-refractivity contribution in [2.45, 2.75) is 32.1 Å². The van der Waals surface area contributed by atoms with E-state index in [-0.39, 0.29) is 45.8 Å². The number of ether oxygens (including phenoxy) is 1. The van der Waals surface area contributed by atoms with Gasteiger partial charge in [-0.15, -0.1) is 0 Å². The van der Waals surface area contributed by atoms with E-state index >= 15 is 0 Å². The molecule has 198 valence electrons. The molecule has 1 saturated heterocycles. The third-order valence-electron chi connectivity index (χ3n) is 8.47. The molecule has 1 N–H and O–H groups in total. The predicted octanol–water partition coefficient (Wildman–Crippen LogP) is 4.93. The Bertz CT molecular complexity index is 1550. The van der Waals surface area contributed by atoms with E-state index in [2.05, 4.69) is 15.9 Å². The number of imide groups is 1. The lowest BCUT2D eigenvalue weighted by molar-refractivity contribution is -0.123. The Morgan fingerprint density at radius 2 is 1.77 bits per heavy atom. The number of benzene rings is 2. The molecule has 39 heavy (non-hydrogen) atoms. The number of phenols is 1. The highest BCUT2D eigenvalue weighted by Gasteiger charge is 2.56. The Hall–Kier alpha value is -3.78. The van der Waals surface area contributed by atoms with Gasteiger partial charge in [-0.05, 0) is 76.5 Å². The van der Waals surface area contributed by atoms with E-state index in [0.717, 1.165) is 17.6 Å². The van der Waals surface area contributed by atoms with Gasteiger partial charge in [0.25, 0.3) is 0 Å². The average molecular weight is 588 g/mol. The predicted molar refractivity (Wildman–Crippen MR) is 148 cm³/mol. The van der Waals surface area contributed by atoms with Crippen molar-refractivity contribution in [1.82, 2.24) is 0 Å². The van der Waals surface area contributed by atoms with Crippen LogP contribution in [0.4, 0.5) is 5.69 Å². The van der Waals surface area contributed by atoms with Gasteiger partial charge in [-0.1, -0.05) is 36.8 Å². The number of amides is 2. The maximum Gasteiger partial charge on any atom is 0.238 e. The van der Waals surface area contributed by atoms with E-state index in [1.54, 1.807) is 24.3 Å². The number of aromatic hydroxyl groups is 1. The van der Waals surface area contributed by atoms with Crippen LogP contribution in [0.1, 0.15) is 36.8 Å². The van der Waals surface area contributed by atoms with Gasteiger partial charge in [-0.3, -0.25) is 24.1 Å².